The lowest BCUT2D eigenvalue weighted by atomic mass is 10.0. The van der Waals surface area contributed by atoms with Crippen molar-refractivity contribution in [1.82, 2.24) is 4.98 Å². The number of aromatic nitrogens is 1. The number of pyridine rings is 1. The highest BCUT2D eigenvalue weighted by Gasteiger charge is 2.07. The van der Waals surface area contributed by atoms with Gasteiger partial charge in [0, 0.05) is 0 Å². The van der Waals surface area contributed by atoms with Crippen LogP contribution >= 0.6 is 0 Å². The molecule has 0 spiro atoms. The van der Waals surface area contributed by atoms with Crippen LogP contribution in [0.25, 0.3) is 0 Å². The largest absolute Gasteiger partial charge is 0.487 e. The van der Waals surface area contributed by atoms with Gasteiger partial charge in [0.1, 0.15) is 18.1 Å². The molecule has 0 saturated carbocycles. The maximum absolute atomic E-state index is 10.9. The zero-order valence-corrected chi connectivity index (χ0v) is 12.5. The third kappa shape index (κ3) is 4.05. The molecule has 0 amide bonds. The quantitative estimate of drug-likeness (QED) is 0.908. The Morgan fingerprint density at radius 1 is 1.29 bits per heavy atom. The van der Waals surface area contributed by atoms with E-state index in [0.29, 0.717) is 11.6 Å². The number of hydrogen-bond acceptors (Lipinski definition) is 3. The van der Waals surface area contributed by atoms with Gasteiger partial charge in [-0.2, -0.15) is 0 Å². The Morgan fingerprint density at radius 3 is 2.71 bits per heavy atom. The van der Waals surface area contributed by atoms with Crippen molar-refractivity contribution in [3.8, 4) is 5.75 Å². The molecule has 0 aliphatic heterocycles. The third-order valence-corrected chi connectivity index (χ3v) is 3.15. The van der Waals surface area contributed by atoms with E-state index in [0.717, 1.165) is 11.3 Å². The number of aryl methyl sites for hydroxylation is 1. The lowest BCUT2D eigenvalue weighted by Crippen LogP contribution is -2.05. The Bertz CT molecular complexity index is 650. The van der Waals surface area contributed by atoms with E-state index in [1.807, 2.05) is 19.1 Å². The number of carboxylic acids is 1. The van der Waals surface area contributed by atoms with Gasteiger partial charge < -0.3 is 9.84 Å². The molecule has 4 heteroatoms. The number of ether oxygens (including phenoxy) is 1. The molecule has 0 fully saturated rings. The average molecular weight is 285 g/mol. The van der Waals surface area contributed by atoms with Crippen molar-refractivity contribution >= 4 is 5.97 Å². The standard InChI is InChI=1S/C17H19NO3/c1-11(2)13-7-12(3)8-15(9-13)21-10-14-5-4-6-16(18-14)17(19)20/h4-9,11H,10H2,1-3H3,(H,19,20). The Hall–Kier alpha value is -2.36. The molecular weight excluding hydrogens is 266 g/mol. The fourth-order valence-electron chi connectivity index (χ4n) is 2.03. The summed E-state index contributed by atoms with van der Waals surface area (Å²) in [5.74, 6) is 0.177. The molecule has 0 radical (unpaired) electrons. The third-order valence-electron chi connectivity index (χ3n) is 3.15. The van der Waals surface area contributed by atoms with E-state index in [9.17, 15) is 4.79 Å². The molecule has 0 unspecified atom stereocenters. The highest BCUT2D eigenvalue weighted by molar-refractivity contribution is 5.85. The van der Waals surface area contributed by atoms with E-state index in [4.69, 9.17) is 9.84 Å². The number of carbonyl (C=O) groups is 1. The van der Waals surface area contributed by atoms with Crippen molar-refractivity contribution in [2.75, 3.05) is 0 Å². The molecule has 1 heterocycles. The predicted octanol–water partition coefficient (Wildman–Crippen LogP) is 3.79. The van der Waals surface area contributed by atoms with Crippen LogP contribution in [0.1, 0.15) is 47.1 Å². The molecule has 0 aliphatic rings. The van der Waals surface area contributed by atoms with Gasteiger partial charge in [0.15, 0.2) is 0 Å². The van der Waals surface area contributed by atoms with Crippen LogP contribution in [0.15, 0.2) is 36.4 Å². The summed E-state index contributed by atoms with van der Waals surface area (Å²) in [5, 5.41) is 8.93. The first-order valence-corrected chi connectivity index (χ1v) is 6.89. The summed E-state index contributed by atoms with van der Waals surface area (Å²) in [6.07, 6.45) is 0. The van der Waals surface area contributed by atoms with E-state index in [1.165, 1.54) is 11.6 Å². The molecule has 21 heavy (non-hydrogen) atoms. The van der Waals surface area contributed by atoms with Gasteiger partial charge in [-0.05, 0) is 48.2 Å². The van der Waals surface area contributed by atoms with Crippen LogP contribution in [0.3, 0.4) is 0 Å². The minimum atomic E-state index is -1.03. The highest BCUT2D eigenvalue weighted by Crippen LogP contribution is 2.23. The van der Waals surface area contributed by atoms with Crippen LogP contribution in [0, 0.1) is 6.92 Å². The number of nitrogens with zero attached hydrogens (tertiary/aromatic N) is 1. The van der Waals surface area contributed by atoms with Crippen molar-refractivity contribution in [2.45, 2.75) is 33.3 Å². The van der Waals surface area contributed by atoms with Crippen molar-refractivity contribution in [3.05, 3.63) is 58.9 Å². The van der Waals surface area contributed by atoms with Crippen molar-refractivity contribution in [3.63, 3.8) is 0 Å². The zero-order chi connectivity index (χ0) is 15.4. The Labute approximate surface area is 124 Å². The van der Waals surface area contributed by atoms with Crippen molar-refractivity contribution in [2.24, 2.45) is 0 Å². The molecular formula is C17H19NO3. The summed E-state index contributed by atoms with van der Waals surface area (Å²) in [4.78, 5) is 14.9. The first kappa shape index (κ1) is 15.0. The summed E-state index contributed by atoms with van der Waals surface area (Å²) in [7, 11) is 0. The first-order valence-electron chi connectivity index (χ1n) is 6.89. The smallest absolute Gasteiger partial charge is 0.354 e. The lowest BCUT2D eigenvalue weighted by molar-refractivity contribution is 0.0690. The van der Waals surface area contributed by atoms with E-state index >= 15 is 0 Å². The van der Waals surface area contributed by atoms with Gasteiger partial charge in [-0.15, -0.1) is 0 Å². The van der Waals surface area contributed by atoms with E-state index < -0.39 is 5.97 Å². The molecule has 0 aliphatic carbocycles. The van der Waals surface area contributed by atoms with Crippen molar-refractivity contribution in [1.29, 1.82) is 0 Å². The van der Waals surface area contributed by atoms with Crippen LogP contribution in [0.4, 0.5) is 0 Å². The number of carboxylic acid groups (broad SMARTS) is 1. The second-order valence-corrected chi connectivity index (χ2v) is 5.34. The molecule has 2 rings (SSSR count). The molecule has 110 valence electrons. The SMILES string of the molecule is Cc1cc(OCc2cccc(C(=O)O)n2)cc(C(C)C)c1. The van der Waals surface area contributed by atoms with Gasteiger partial charge in [-0.1, -0.05) is 26.0 Å². The normalized spacial score (nSPS) is 10.7. The summed E-state index contributed by atoms with van der Waals surface area (Å²) < 4.78 is 5.74. The molecule has 4 nitrogen and oxygen atoms in total. The monoisotopic (exact) mass is 285 g/mol. The van der Waals surface area contributed by atoms with E-state index in [2.05, 4.69) is 24.9 Å². The maximum atomic E-state index is 10.9. The Balaban J connectivity index is 2.13. The van der Waals surface area contributed by atoms with Crippen LogP contribution in [-0.2, 0) is 6.61 Å². The molecule has 1 aromatic carbocycles. The molecule has 0 atom stereocenters. The summed E-state index contributed by atoms with van der Waals surface area (Å²) >= 11 is 0. The highest BCUT2D eigenvalue weighted by atomic mass is 16.5. The van der Waals surface area contributed by atoms with Gasteiger partial charge in [-0.25, -0.2) is 9.78 Å². The zero-order valence-electron chi connectivity index (χ0n) is 12.5. The number of hydrogen-bond donors (Lipinski definition) is 1. The minimum Gasteiger partial charge on any atom is -0.487 e. The molecule has 2 aromatic rings. The molecule has 0 saturated heterocycles. The van der Waals surface area contributed by atoms with Crippen LogP contribution < -0.4 is 4.74 Å². The van der Waals surface area contributed by atoms with Crippen LogP contribution in [-0.4, -0.2) is 16.1 Å². The van der Waals surface area contributed by atoms with Gasteiger partial charge in [0.25, 0.3) is 0 Å². The summed E-state index contributed by atoms with van der Waals surface area (Å²) in [6.45, 7) is 6.55. The predicted molar refractivity (Wildman–Crippen MR) is 80.8 cm³/mol. The average Bonchev–Trinajstić information content (AvgIpc) is 2.45. The Kier molecular flexibility index (Phi) is 4.58. The number of rotatable bonds is 5. The first-order chi connectivity index (χ1) is 9.95. The second kappa shape index (κ2) is 6.39. The van der Waals surface area contributed by atoms with Gasteiger partial charge in [0.05, 0.1) is 5.69 Å². The van der Waals surface area contributed by atoms with Gasteiger partial charge >= 0.3 is 5.97 Å². The number of aromatic carboxylic acids is 1. The van der Waals surface area contributed by atoms with Gasteiger partial charge in [-0.3, -0.25) is 0 Å². The minimum absolute atomic E-state index is 0.0308. The maximum Gasteiger partial charge on any atom is 0.354 e. The summed E-state index contributed by atoms with van der Waals surface area (Å²) in [6, 6.07) is 11.0. The Morgan fingerprint density at radius 2 is 2.05 bits per heavy atom. The van der Waals surface area contributed by atoms with Gasteiger partial charge in [0.2, 0.25) is 0 Å². The van der Waals surface area contributed by atoms with Crippen LogP contribution in [0.5, 0.6) is 5.75 Å². The molecule has 0 bridgehead atoms. The van der Waals surface area contributed by atoms with Crippen molar-refractivity contribution < 1.29 is 14.6 Å². The van der Waals surface area contributed by atoms with E-state index in [1.54, 1.807) is 12.1 Å². The van der Waals surface area contributed by atoms with E-state index in [-0.39, 0.29) is 12.3 Å². The molecule has 1 aromatic heterocycles. The number of benzene rings is 1. The topological polar surface area (TPSA) is 59.4 Å². The lowest BCUT2D eigenvalue weighted by Gasteiger charge is -2.11. The fourth-order valence-corrected chi connectivity index (χ4v) is 2.03. The second-order valence-electron chi connectivity index (χ2n) is 5.34. The molecule has 1 N–H and O–H groups in total. The summed E-state index contributed by atoms with van der Waals surface area (Å²) in [5.41, 5.74) is 2.99. The van der Waals surface area contributed by atoms with Crippen LogP contribution in [0.2, 0.25) is 0 Å². The fraction of sp³-hybridized carbons (Fsp3) is 0.294.